The second-order valence-electron chi connectivity index (χ2n) is 8.55. The van der Waals surface area contributed by atoms with E-state index in [1.54, 1.807) is 39.2 Å². The first-order valence-corrected chi connectivity index (χ1v) is 12.0. The third kappa shape index (κ3) is 10.8. The van der Waals surface area contributed by atoms with E-state index in [1.165, 1.54) is 22.2 Å². The van der Waals surface area contributed by atoms with Crippen molar-refractivity contribution >= 4 is 47.3 Å². The summed E-state index contributed by atoms with van der Waals surface area (Å²) in [6, 6.07) is 17.5. The van der Waals surface area contributed by atoms with E-state index in [-0.39, 0.29) is 17.9 Å². The predicted molar refractivity (Wildman–Crippen MR) is 153 cm³/mol. The first kappa shape index (κ1) is 33.1. The highest BCUT2D eigenvalue weighted by Gasteiger charge is 2.20. The number of carbonyl (C=O) groups excluding carboxylic acids is 2. The summed E-state index contributed by atoms with van der Waals surface area (Å²) in [6.07, 6.45) is 1.44. The van der Waals surface area contributed by atoms with Crippen molar-refractivity contribution < 1.29 is 14.7 Å². The average molecular weight is 535 g/mol. The van der Waals surface area contributed by atoms with Crippen molar-refractivity contribution in [2.24, 2.45) is 0 Å². The minimum Gasteiger partial charge on any atom is -0.397 e. The molecule has 2 aromatic carbocycles. The third-order valence-electron chi connectivity index (χ3n) is 4.76. The van der Waals surface area contributed by atoms with Gasteiger partial charge in [-0.15, -0.1) is 0 Å². The number of rotatable bonds is 3. The van der Waals surface area contributed by atoms with Crippen molar-refractivity contribution in [3.63, 3.8) is 0 Å². The molecule has 0 aliphatic heterocycles. The quantitative estimate of drug-likeness (QED) is 0.386. The SMILES string of the molecule is C=O.CCO.CNc1cc(Cl)cnc1C(=O)N(C)c1ccccc1Cl.Cc1ccc(C(C)(C)C)cc1. The molecule has 3 aromatic rings. The summed E-state index contributed by atoms with van der Waals surface area (Å²) >= 11 is 12.0. The lowest BCUT2D eigenvalue weighted by Crippen LogP contribution is -2.28. The Balaban J connectivity index is 0.000000645. The van der Waals surface area contributed by atoms with Crippen LogP contribution < -0.4 is 10.2 Å². The van der Waals surface area contributed by atoms with Gasteiger partial charge in [0.15, 0.2) is 5.69 Å². The van der Waals surface area contributed by atoms with Crippen molar-refractivity contribution in [1.29, 1.82) is 0 Å². The predicted octanol–water partition coefficient (Wildman–Crippen LogP) is 6.81. The van der Waals surface area contributed by atoms with Gasteiger partial charge in [0.1, 0.15) is 6.79 Å². The van der Waals surface area contributed by atoms with Gasteiger partial charge in [-0.25, -0.2) is 4.98 Å². The van der Waals surface area contributed by atoms with Crippen molar-refractivity contribution in [1.82, 2.24) is 4.98 Å². The van der Waals surface area contributed by atoms with Crippen LogP contribution >= 0.6 is 23.2 Å². The number of anilines is 2. The van der Waals surface area contributed by atoms with Crippen LogP contribution in [0.2, 0.25) is 10.0 Å². The Morgan fingerprint density at radius 1 is 1.08 bits per heavy atom. The van der Waals surface area contributed by atoms with Gasteiger partial charge in [-0.05, 0) is 43.0 Å². The van der Waals surface area contributed by atoms with Gasteiger partial charge in [-0.1, -0.05) is 85.9 Å². The summed E-state index contributed by atoms with van der Waals surface area (Å²) in [6.45, 7) is 12.7. The average Bonchev–Trinajstić information content (AvgIpc) is 2.85. The zero-order valence-corrected chi connectivity index (χ0v) is 23.6. The molecule has 1 heterocycles. The minimum atomic E-state index is -0.265. The molecule has 0 aliphatic rings. The van der Waals surface area contributed by atoms with Gasteiger partial charge in [0, 0.05) is 26.9 Å². The highest BCUT2D eigenvalue weighted by molar-refractivity contribution is 6.34. The Hall–Kier alpha value is -2.93. The fourth-order valence-corrected chi connectivity index (χ4v) is 3.27. The summed E-state index contributed by atoms with van der Waals surface area (Å²) in [5, 5.41) is 11.4. The number of benzene rings is 2. The molecule has 0 unspecified atom stereocenters. The molecule has 36 heavy (non-hydrogen) atoms. The number of aryl methyl sites for hydroxylation is 1. The first-order chi connectivity index (χ1) is 17.0. The van der Waals surface area contributed by atoms with Crippen LogP contribution in [0.3, 0.4) is 0 Å². The lowest BCUT2D eigenvalue weighted by molar-refractivity contribution is -0.0980. The number of aliphatic hydroxyl groups is 1. The molecule has 0 atom stereocenters. The van der Waals surface area contributed by atoms with E-state index in [2.05, 4.69) is 62.3 Å². The van der Waals surface area contributed by atoms with Gasteiger partial charge in [0.05, 0.1) is 21.4 Å². The van der Waals surface area contributed by atoms with Crippen molar-refractivity contribution in [2.75, 3.05) is 30.9 Å². The molecule has 6 nitrogen and oxygen atoms in total. The Morgan fingerprint density at radius 2 is 1.61 bits per heavy atom. The van der Waals surface area contributed by atoms with Crippen molar-refractivity contribution in [2.45, 2.75) is 40.0 Å². The maximum atomic E-state index is 12.5. The summed E-state index contributed by atoms with van der Waals surface area (Å²) < 4.78 is 0. The molecular weight excluding hydrogens is 497 g/mol. The molecule has 0 saturated heterocycles. The number of para-hydroxylation sites is 1. The van der Waals surface area contributed by atoms with E-state index in [4.69, 9.17) is 33.1 Å². The van der Waals surface area contributed by atoms with E-state index in [0.29, 0.717) is 27.1 Å². The number of amides is 1. The van der Waals surface area contributed by atoms with Crippen LogP contribution in [-0.2, 0) is 10.2 Å². The molecule has 0 radical (unpaired) electrons. The summed E-state index contributed by atoms with van der Waals surface area (Å²) in [5.74, 6) is -0.265. The van der Waals surface area contributed by atoms with Gasteiger partial charge in [-0.2, -0.15) is 0 Å². The minimum absolute atomic E-state index is 0.250. The maximum absolute atomic E-state index is 12.5. The molecule has 0 bridgehead atoms. The number of carbonyl (C=O) groups is 2. The standard InChI is InChI=1S/C14H13Cl2N3O.C11H16.C2H6O.CH2O/c1-17-11-7-9(15)8-18-13(11)14(20)19(2)12-6-4-3-5-10(12)16;1-9-5-7-10(8-6-9)11(2,3)4;1-2-3;1-2/h3-8,17H,1-2H3;5-8H,1-4H3;3H,2H2,1H3;1H2. The summed E-state index contributed by atoms with van der Waals surface area (Å²) in [7, 11) is 3.36. The topological polar surface area (TPSA) is 82.5 Å². The van der Waals surface area contributed by atoms with Crippen LogP contribution in [0.5, 0.6) is 0 Å². The zero-order valence-electron chi connectivity index (χ0n) is 22.1. The first-order valence-electron chi connectivity index (χ1n) is 11.3. The van der Waals surface area contributed by atoms with E-state index in [1.807, 2.05) is 18.9 Å². The number of pyridine rings is 1. The van der Waals surface area contributed by atoms with E-state index in [0.717, 1.165) is 0 Å². The molecule has 8 heteroatoms. The molecule has 0 aliphatic carbocycles. The lowest BCUT2D eigenvalue weighted by Gasteiger charge is -2.19. The number of aromatic nitrogens is 1. The monoisotopic (exact) mass is 533 g/mol. The van der Waals surface area contributed by atoms with Gasteiger partial charge in [0.2, 0.25) is 0 Å². The Bertz CT molecular complexity index is 1070. The summed E-state index contributed by atoms with van der Waals surface area (Å²) in [5.41, 5.74) is 4.51. The van der Waals surface area contributed by atoms with Crippen LogP contribution in [0.4, 0.5) is 11.4 Å². The Morgan fingerprint density at radius 3 is 2.08 bits per heavy atom. The molecule has 0 saturated carbocycles. The van der Waals surface area contributed by atoms with E-state index >= 15 is 0 Å². The van der Waals surface area contributed by atoms with Gasteiger partial charge in [-0.3, -0.25) is 4.79 Å². The number of halogens is 2. The van der Waals surface area contributed by atoms with Crippen molar-refractivity contribution in [3.8, 4) is 0 Å². The number of nitrogens with one attached hydrogen (secondary N) is 1. The number of hydrogen-bond donors (Lipinski definition) is 2. The fourth-order valence-electron chi connectivity index (χ4n) is 2.85. The molecule has 1 aromatic heterocycles. The summed E-state index contributed by atoms with van der Waals surface area (Å²) in [4.78, 5) is 26.1. The number of hydrogen-bond acceptors (Lipinski definition) is 5. The number of aliphatic hydroxyl groups excluding tert-OH is 1. The molecule has 1 amide bonds. The van der Waals surface area contributed by atoms with Crippen LogP contribution in [0, 0.1) is 6.92 Å². The second kappa shape index (κ2) is 16.7. The van der Waals surface area contributed by atoms with E-state index < -0.39 is 0 Å². The van der Waals surface area contributed by atoms with Gasteiger partial charge in [0.25, 0.3) is 5.91 Å². The normalized spacial score (nSPS) is 9.83. The van der Waals surface area contributed by atoms with Gasteiger partial charge < -0.3 is 20.1 Å². The van der Waals surface area contributed by atoms with Gasteiger partial charge >= 0.3 is 0 Å². The van der Waals surface area contributed by atoms with Crippen molar-refractivity contribution in [3.05, 3.63) is 87.7 Å². The highest BCUT2D eigenvalue weighted by atomic mass is 35.5. The van der Waals surface area contributed by atoms with Crippen LogP contribution in [0.1, 0.15) is 49.3 Å². The molecule has 0 spiro atoms. The maximum Gasteiger partial charge on any atom is 0.278 e. The highest BCUT2D eigenvalue weighted by Crippen LogP contribution is 2.27. The molecular formula is C28H37Cl2N3O3. The second-order valence-corrected chi connectivity index (χ2v) is 9.39. The third-order valence-corrected chi connectivity index (χ3v) is 5.29. The molecule has 2 N–H and O–H groups in total. The largest absolute Gasteiger partial charge is 0.397 e. The smallest absolute Gasteiger partial charge is 0.278 e. The van der Waals surface area contributed by atoms with Crippen LogP contribution in [0.15, 0.2) is 60.8 Å². The fraction of sp³-hybridized carbons (Fsp3) is 0.321. The van der Waals surface area contributed by atoms with E-state index in [9.17, 15) is 4.79 Å². The molecule has 3 rings (SSSR count). The molecule has 0 fully saturated rings. The zero-order chi connectivity index (χ0) is 27.9. The lowest BCUT2D eigenvalue weighted by atomic mass is 9.87. The van der Waals surface area contributed by atoms with Crippen LogP contribution in [-0.4, -0.2) is 43.5 Å². The Kier molecular flexibility index (Phi) is 15.3. The number of nitrogens with zero attached hydrogens (tertiary/aromatic N) is 2. The van der Waals surface area contributed by atoms with Crippen LogP contribution in [0.25, 0.3) is 0 Å². The Labute approximate surface area is 225 Å². The molecule has 196 valence electrons.